The average molecular weight is 510 g/mol. The summed E-state index contributed by atoms with van der Waals surface area (Å²) in [6.45, 7) is 2.35. The van der Waals surface area contributed by atoms with E-state index in [9.17, 15) is 14.4 Å². The molecule has 1 saturated heterocycles. The van der Waals surface area contributed by atoms with Gasteiger partial charge in [0, 0.05) is 36.4 Å². The number of urea groups is 1. The van der Waals surface area contributed by atoms with Crippen LogP contribution in [0, 0.1) is 6.92 Å². The molecular formula is C27H35N5O5. The number of carbonyl (C=O) groups is 3. The van der Waals surface area contributed by atoms with Gasteiger partial charge in [0.25, 0.3) is 11.8 Å². The Balaban J connectivity index is 1.58. The molecule has 4 N–H and O–H groups in total. The predicted molar refractivity (Wildman–Crippen MR) is 140 cm³/mol. The fourth-order valence-electron chi connectivity index (χ4n) is 4.93. The van der Waals surface area contributed by atoms with E-state index in [4.69, 9.17) is 15.2 Å². The lowest BCUT2D eigenvalue weighted by atomic mass is 9.92. The third-order valence-corrected chi connectivity index (χ3v) is 6.95. The van der Waals surface area contributed by atoms with Gasteiger partial charge in [-0.05, 0) is 68.5 Å². The molecule has 4 amide bonds. The van der Waals surface area contributed by atoms with Crippen LogP contribution in [0.5, 0.6) is 11.5 Å². The molecule has 0 spiro atoms. The predicted octanol–water partition coefficient (Wildman–Crippen LogP) is 2.71. The fourth-order valence-corrected chi connectivity index (χ4v) is 4.93. The van der Waals surface area contributed by atoms with Gasteiger partial charge in [-0.3, -0.25) is 14.5 Å². The minimum Gasteiger partial charge on any atom is -0.493 e. The molecule has 37 heavy (non-hydrogen) atoms. The number of nitrogens with one attached hydrogen (secondary N) is 2. The quantitative estimate of drug-likeness (QED) is 0.550. The summed E-state index contributed by atoms with van der Waals surface area (Å²) >= 11 is 0. The summed E-state index contributed by atoms with van der Waals surface area (Å²) in [6, 6.07) is 11.9. The first-order valence-corrected chi connectivity index (χ1v) is 12.5. The lowest BCUT2D eigenvalue weighted by molar-refractivity contribution is -0.128. The maximum atomic E-state index is 13.6. The van der Waals surface area contributed by atoms with Crippen LogP contribution in [0.3, 0.4) is 0 Å². The second-order valence-corrected chi connectivity index (χ2v) is 9.56. The summed E-state index contributed by atoms with van der Waals surface area (Å²) in [5.41, 5.74) is 7.97. The second kappa shape index (κ2) is 11.5. The second-order valence-electron chi connectivity index (χ2n) is 9.56. The Morgan fingerprint density at radius 3 is 2.30 bits per heavy atom. The molecule has 1 atom stereocenters. The number of carbonyl (C=O) groups excluding carboxylic acids is 3. The van der Waals surface area contributed by atoms with Crippen molar-refractivity contribution in [1.82, 2.24) is 15.1 Å². The van der Waals surface area contributed by atoms with Gasteiger partial charge in [-0.2, -0.15) is 0 Å². The van der Waals surface area contributed by atoms with Crippen molar-refractivity contribution in [2.24, 2.45) is 5.73 Å². The molecule has 0 radical (unpaired) electrons. The molecule has 4 rings (SSSR count). The Hall–Kier alpha value is -3.79. The van der Waals surface area contributed by atoms with Crippen LogP contribution in [0.4, 0.5) is 10.5 Å². The molecule has 1 aliphatic carbocycles. The van der Waals surface area contributed by atoms with Crippen molar-refractivity contribution in [2.75, 3.05) is 32.6 Å². The first-order valence-electron chi connectivity index (χ1n) is 12.5. The number of hydrogen-bond acceptors (Lipinski definition) is 6. The van der Waals surface area contributed by atoms with E-state index in [1.165, 1.54) is 24.0 Å². The standard InChI is InChI=1S/C27H35N5O5/c1-17-5-4-6-21(15-17)30-27(35)32-14-13-31(25(32)24(33)29-20-10-8-19(28)9-11-20)26(34)18-7-12-22(36-2)23(16-18)37-3/h4-7,12,15-16,19-20,25H,8-11,13-14,28H2,1-3H3,(H,29,33)(H,30,35). The number of ether oxygens (including phenoxy) is 2. The molecule has 1 unspecified atom stereocenters. The summed E-state index contributed by atoms with van der Waals surface area (Å²) in [4.78, 5) is 43.3. The van der Waals surface area contributed by atoms with Gasteiger partial charge in [-0.1, -0.05) is 12.1 Å². The number of nitrogens with two attached hydrogens (primary N) is 1. The molecule has 10 nitrogen and oxygen atoms in total. The number of rotatable bonds is 6. The highest BCUT2D eigenvalue weighted by Gasteiger charge is 2.43. The normalized spacial score (nSPS) is 21.4. The molecule has 1 saturated carbocycles. The summed E-state index contributed by atoms with van der Waals surface area (Å²) in [5.74, 6) is 0.134. The number of benzene rings is 2. The molecule has 2 aromatic rings. The largest absolute Gasteiger partial charge is 0.493 e. The van der Waals surface area contributed by atoms with Gasteiger partial charge >= 0.3 is 6.03 Å². The van der Waals surface area contributed by atoms with E-state index in [1.807, 2.05) is 25.1 Å². The molecule has 0 bridgehead atoms. The highest BCUT2D eigenvalue weighted by molar-refractivity contribution is 6.01. The molecule has 2 aromatic carbocycles. The van der Waals surface area contributed by atoms with Crippen LogP contribution in [0.2, 0.25) is 0 Å². The number of aryl methyl sites for hydroxylation is 1. The number of methoxy groups -OCH3 is 2. The first-order chi connectivity index (χ1) is 17.8. The van der Waals surface area contributed by atoms with Crippen LogP contribution < -0.4 is 25.8 Å². The van der Waals surface area contributed by atoms with E-state index in [-0.39, 0.29) is 37.0 Å². The van der Waals surface area contributed by atoms with Crippen molar-refractivity contribution in [2.45, 2.75) is 50.9 Å². The molecule has 198 valence electrons. The Kier molecular flexibility index (Phi) is 8.17. The summed E-state index contributed by atoms with van der Waals surface area (Å²) < 4.78 is 10.6. The van der Waals surface area contributed by atoms with Gasteiger partial charge in [-0.25, -0.2) is 4.79 Å². The van der Waals surface area contributed by atoms with Gasteiger partial charge in [0.2, 0.25) is 0 Å². The average Bonchev–Trinajstić information content (AvgIpc) is 3.35. The lowest BCUT2D eigenvalue weighted by Gasteiger charge is -2.32. The van der Waals surface area contributed by atoms with E-state index < -0.39 is 12.2 Å². The van der Waals surface area contributed by atoms with Crippen LogP contribution in [0.1, 0.15) is 41.6 Å². The Bertz CT molecular complexity index is 1150. The summed E-state index contributed by atoms with van der Waals surface area (Å²) in [6.07, 6.45) is 2.07. The lowest BCUT2D eigenvalue weighted by Crippen LogP contribution is -2.56. The van der Waals surface area contributed by atoms with E-state index in [0.717, 1.165) is 31.2 Å². The Morgan fingerprint density at radius 2 is 1.62 bits per heavy atom. The molecular weight excluding hydrogens is 474 g/mol. The van der Waals surface area contributed by atoms with Crippen LogP contribution in [0.15, 0.2) is 42.5 Å². The maximum Gasteiger partial charge on any atom is 0.323 e. The Morgan fingerprint density at radius 1 is 0.919 bits per heavy atom. The smallest absolute Gasteiger partial charge is 0.323 e. The first kappa shape index (κ1) is 26.3. The minimum absolute atomic E-state index is 0.0485. The van der Waals surface area contributed by atoms with Gasteiger partial charge < -0.3 is 30.7 Å². The van der Waals surface area contributed by atoms with Crippen LogP contribution >= 0.6 is 0 Å². The Labute approximate surface area is 217 Å². The number of anilines is 1. The monoisotopic (exact) mass is 509 g/mol. The summed E-state index contributed by atoms with van der Waals surface area (Å²) in [5, 5.41) is 5.93. The summed E-state index contributed by atoms with van der Waals surface area (Å²) in [7, 11) is 3.01. The van der Waals surface area contributed by atoms with E-state index in [0.29, 0.717) is 22.7 Å². The fraction of sp³-hybridized carbons (Fsp3) is 0.444. The maximum absolute atomic E-state index is 13.6. The highest BCUT2D eigenvalue weighted by atomic mass is 16.5. The van der Waals surface area contributed by atoms with Crippen molar-refractivity contribution >= 4 is 23.5 Å². The molecule has 2 fully saturated rings. The van der Waals surface area contributed by atoms with Gasteiger partial charge in [0.05, 0.1) is 14.2 Å². The SMILES string of the molecule is COc1ccc(C(=O)N2CCN(C(=O)Nc3cccc(C)c3)C2C(=O)NC2CCC(N)CC2)cc1OC. The van der Waals surface area contributed by atoms with Crippen molar-refractivity contribution in [3.63, 3.8) is 0 Å². The van der Waals surface area contributed by atoms with Gasteiger partial charge in [-0.15, -0.1) is 0 Å². The zero-order chi connectivity index (χ0) is 26.5. The minimum atomic E-state index is -1.10. The van der Waals surface area contributed by atoms with E-state index in [1.54, 1.807) is 24.3 Å². The van der Waals surface area contributed by atoms with Crippen LogP contribution in [-0.4, -0.2) is 73.2 Å². The van der Waals surface area contributed by atoms with Crippen molar-refractivity contribution in [3.8, 4) is 11.5 Å². The molecule has 0 aromatic heterocycles. The van der Waals surface area contributed by atoms with Crippen LogP contribution in [0.25, 0.3) is 0 Å². The number of nitrogens with zero attached hydrogens (tertiary/aromatic N) is 2. The molecule has 1 heterocycles. The zero-order valence-electron chi connectivity index (χ0n) is 21.5. The number of hydrogen-bond donors (Lipinski definition) is 3. The highest BCUT2D eigenvalue weighted by Crippen LogP contribution is 2.29. The third kappa shape index (κ3) is 5.96. The topological polar surface area (TPSA) is 126 Å². The van der Waals surface area contributed by atoms with E-state index in [2.05, 4.69) is 10.6 Å². The molecule has 2 aliphatic rings. The third-order valence-electron chi connectivity index (χ3n) is 6.95. The van der Waals surface area contributed by atoms with Crippen LogP contribution in [-0.2, 0) is 4.79 Å². The van der Waals surface area contributed by atoms with Gasteiger partial charge in [0.1, 0.15) is 0 Å². The van der Waals surface area contributed by atoms with Gasteiger partial charge in [0.15, 0.2) is 17.7 Å². The molecule has 10 heteroatoms. The van der Waals surface area contributed by atoms with Crippen molar-refractivity contribution in [3.05, 3.63) is 53.6 Å². The van der Waals surface area contributed by atoms with Crippen molar-refractivity contribution in [1.29, 1.82) is 0 Å². The van der Waals surface area contributed by atoms with E-state index >= 15 is 0 Å². The number of amides is 4. The van der Waals surface area contributed by atoms with Crippen molar-refractivity contribution < 1.29 is 23.9 Å². The zero-order valence-corrected chi connectivity index (χ0v) is 21.5. The molecule has 1 aliphatic heterocycles.